The minimum Gasteiger partial charge on any atom is -0.493 e. The van der Waals surface area contributed by atoms with E-state index in [1.807, 2.05) is 19.9 Å². The van der Waals surface area contributed by atoms with E-state index in [1.165, 1.54) is 42.3 Å². The molecule has 246 valence electrons. The molecule has 2 heterocycles. The molecule has 0 saturated carbocycles. The van der Waals surface area contributed by atoms with Crippen molar-refractivity contribution in [3.05, 3.63) is 113 Å². The molecule has 0 saturated heterocycles. The Bertz CT molecular complexity index is 2040. The Hall–Kier alpha value is -4.42. The first-order valence-corrected chi connectivity index (χ1v) is 16.4. The molecule has 0 fully saturated rings. The number of carbonyl (C=O) groups is 1. The van der Waals surface area contributed by atoms with E-state index in [0.29, 0.717) is 59.2 Å². The van der Waals surface area contributed by atoms with Crippen LogP contribution in [0, 0.1) is 5.82 Å². The minimum absolute atomic E-state index is 0.0858. The van der Waals surface area contributed by atoms with Crippen LogP contribution in [0.25, 0.3) is 6.08 Å². The fourth-order valence-electron chi connectivity index (χ4n) is 5.21. The van der Waals surface area contributed by atoms with Gasteiger partial charge in [0.25, 0.3) is 5.56 Å². The first kappa shape index (κ1) is 33.9. The van der Waals surface area contributed by atoms with Crippen LogP contribution in [0.5, 0.6) is 23.0 Å². The van der Waals surface area contributed by atoms with Gasteiger partial charge < -0.3 is 23.7 Å². The number of esters is 1. The largest absolute Gasteiger partial charge is 0.493 e. The Morgan fingerprint density at radius 2 is 1.85 bits per heavy atom. The lowest BCUT2D eigenvalue weighted by atomic mass is 9.95. The van der Waals surface area contributed by atoms with Crippen molar-refractivity contribution in [2.45, 2.75) is 46.4 Å². The summed E-state index contributed by atoms with van der Waals surface area (Å²) in [5.41, 5.74) is 2.33. The molecule has 47 heavy (non-hydrogen) atoms. The third-order valence-corrected chi connectivity index (χ3v) is 8.78. The number of ether oxygens (including phenoxy) is 5. The van der Waals surface area contributed by atoms with E-state index in [9.17, 15) is 14.0 Å². The summed E-state index contributed by atoms with van der Waals surface area (Å²) < 4.78 is 44.7. The van der Waals surface area contributed by atoms with E-state index in [1.54, 1.807) is 56.3 Å². The summed E-state index contributed by atoms with van der Waals surface area (Å²) in [6.45, 7) is 7.57. The molecule has 1 aliphatic heterocycles. The number of halogens is 2. The van der Waals surface area contributed by atoms with E-state index < -0.39 is 12.0 Å². The number of rotatable bonds is 11. The summed E-state index contributed by atoms with van der Waals surface area (Å²) in [4.78, 5) is 32.5. The number of fused-ring (bicyclic) bond motifs is 1. The summed E-state index contributed by atoms with van der Waals surface area (Å²) in [6.07, 6.45) is 1.64. The molecule has 4 aromatic rings. The smallest absolute Gasteiger partial charge is 0.338 e. The third-order valence-electron chi connectivity index (χ3n) is 7.20. The number of allylic oxidation sites excluding steroid dienone is 1. The van der Waals surface area contributed by atoms with E-state index >= 15 is 0 Å². The van der Waals surface area contributed by atoms with E-state index in [4.69, 9.17) is 23.7 Å². The lowest BCUT2D eigenvalue weighted by molar-refractivity contribution is -0.139. The average Bonchev–Trinajstić information content (AvgIpc) is 3.33. The first-order valence-electron chi connectivity index (χ1n) is 14.8. The van der Waals surface area contributed by atoms with Crippen LogP contribution >= 0.6 is 27.3 Å². The van der Waals surface area contributed by atoms with Crippen LogP contribution in [-0.4, -0.2) is 37.5 Å². The SMILES string of the molecule is CCOC(=O)C1=C(C)N=c2s/c(=C\c3cc(Br)c(OCc4cccc(F)c4)c(OC)c3)c(=O)n2[C@H]1c1ccc(OC(C)C)c(OC)c1. The monoisotopic (exact) mass is 724 g/mol. The fraction of sp³-hybridized carbons (Fsp3) is 0.286. The van der Waals surface area contributed by atoms with Gasteiger partial charge in [-0.05, 0) is 103 Å². The van der Waals surface area contributed by atoms with Gasteiger partial charge in [-0.3, -0.25) is 9.36 Å². The lowest BCUT2D eigenvalue weighted by Crippen LogP contribution is -2.40. The topological polar surface area (TPSA) is 97.6 Å². The van der Waals surface area contributed by atoms with E-state index in [-0.39, 0.29) is 36.3 Å². The molecule has 0 radical (unpaired) electrons. The van der Waals surface area contributed by atoms with Crippen LogP contribution in [-0.2, 0) is 16.1 Å². The fourth-order valence-corrected chi connectivity index (χ4v) is 6.83. The van der Waals surface area contributed by atoms with Gasteiger partial charge in [0.1, 0.15) is 12.4 Å². The van der Waals surface area contributed by atoms with Crippen molar-refractivity contribution in [1.82, 2.24) is 4.57 Å². The van der Waals surface area contributed by atoms with Crippen molar-refractivity contribution in [3.63, 3.8) is 0 Å². The van der Waals surface area contributed by atoms with Crippen molar-refractivity contribution < 1.29 is 32.9 Å². The second kappa shape index (κ2) is 14.6. The van der Waals surface area contributed by atoms with Crippen LogP contribution in [0.1, 0.15) is 50.4 Å². The molecule has 3 aromatic carbocycles. The van der Waals surface area contributed by atoms with Gasteiger partial charge in [-0.15, -0.1) is 0 Å². The zero-order chi connectivity index (χ0) is 33.8. The van der Waals surface area contributed by atoms with Gasteiger partial charge in [0.05, 0.1) is 53.2 Å². The van der Waals surface area contributed by atoms with Crippen molar-refractivity contribution >= 4 is 39.3 Å². The molecule has 0 bridgehead atoms. The second-order valence-electron chi connectivity index (χ2n) is 10.8. The summed E-state index contributed by atoms with van der Waals surface area (Å²) in [6, 6.07) is 14.2. The van der Waals surface area contributed by atoms with Crippen molar-refractivity contribution in [2.75, 3.05) is 20.8 Å². The number of nitrogens with zero attached hydrogens (tertiary/aromatic N) is 2. The van der Waals surface area contributed by atoms with Gasteiger partial charge in [-0.2, -0.15) is 0 Å². The molecule has 0 aliphatic carbocycles. The van der Waals surface area contributed by atoms with Gasteiger partial charge >= 0.3 is 5.97 Å². The first-order chi connectivity index (χ1) is 22.5. The number of thiazole rings is 1. The maximum absolute atomic E-state index is 14.1. The molecule has 0 N–H and O–H groups in total. The van der Waals surface area contributed by atoms with Gasteiger partial charge in [-0.25, -0.2) is 14.2 Å². The maximum atomic E-state index is 14.1. The minimum atomic E-state index is -0.825. The molecule has 12 heteroatoms. The Balaban J connectivity index is 1.60. The Labute approximate surface area is 283 Å². The highest BCUT2D eigenvalue weighted by atomic mass is 79.9. The Morgan fingerprint density at radius 3 is 2.53 bits per heavy atom. The van der Waals surface area contributed by atoms with Crippen molar-refractivity contribution in [3.8, 4) is 23.0 Å². The molecule has 1 atom stereocenters. The van der Waals surface area contributed by atoms with Crippen LogP contribution in [0.2, 0.25) is 0 Å². The van der Waals surface area contributed by atoms with Gasteiger partial charge in [0.15, 0.2) is 27.8 Å². The summed E-state index contributed by atoms with van der Waals surface area (Å²) in [5.74, 6) is 0.953. The molecule has 1 aromatic heterocycles. The van der Waals surface area contributed by atoms with Gasteiger partial charge in [0, 0.05) is 0 Å². The number of methoxy groups -OCH3 is 2. The standard InChI is InChI=1S/C35H34BrFN2O7S/c1-7-44-34(41)30-20(4)38-35-39(31(30)23-11-12-26(46-19(2)3)27(17-23)42-5)33(40)29(47-35)16-22-14-25(36)32(28(15-22)43-6)45-18-21-9-8-10-24(37)13-21/h8-17,19,31H,7,18H2,1-6H3/b29-16-/t31-/m0/s1. The van der Waals surface area contributed by atoms with Gasteiger partial charge in [-0.1, -0.05) is 29.5 Å². The molecule has 1 aliphatic rings. The number of hydrogen-bond donors (Lipinski definition) is 0. The lowest BCUT2D eigenvalue weighted by Gasteiger charge is -2.25. The zero-order valence-electron chi connectivity index (χ0n) is 26.8. The van der Waals surface area contributed by atoms with E-state index in [0.717, 1.165) is 0 Å². The molecule has 0 amide bonds. The molecule has 0 unspecified atom stereocenters. The average molecular weight is 726 g/mol. The Kier molecular flexibility index (Phi) is 10.5. The highest BCUT2D eigenvalue weighted by Gasteiger charge is 2.34. The van der Waals surface area contributed by atoms with Crippen LogP contribution in [0.3, 0.4) is 0 Å². The summed E-state index contributed by atoms with van der Waals surface area (Å²) in [5, 5.41) is 0. The quantitative estimate of drug-likeness (QED) is 0.173. The highest BCUT2D eigenvalue weighted by Crippen LogP contribution is 2.38. The number of aromatic nitrogens is 1. The van der Waals surface area contributed by atoms with Crippen LogP contribution < -0.4 is 33.8 Å². The number of benzene rings is 3. The molecule has 9 nitrogen and oxygen atoms in total. The predicted octanol–water partition coefficient (Wildman–Crippen LogP) is 6.08. The van der Waals surface area contributed by atoms with E-state index in [2.05, 4.69) is 20.9 Å². The highest BCUT2D eigenvalue weighted by molar-refractivity contribution is 9.10. The summed E-state index contributed by atoms with van der Waals surface area (Å²) >= 11 is 4.76. The predicted molar refractivity (Wildman–Crippen MR) is 181 cm³/mol. The molecule has 5 rings (SSSR count). The third kappa shape index (κ3) is 7.28. The van der Waals surface area contributed by atoms with Crippen molar-refractivity contribution in [2.24, 2.45) is 4.99 Å². The van der Waals surface area contributed by atoms with Crippen molar-refractivity contribution in [1.29, 1.82) is 0 Å². The Morgan fingerprint density at radius 1 is 1.09 bits per heavy atom. The molecular weight excluding hydrogens is 691 g/mol. The molecule has 0 spiro atoms. The van der Waals surface area contributed by atoms with Crippen LogP contribution in [0.4, 0.5) is 4.39 Å². The second-order valence-corrected chi connectivity index (χ2v) is 12.7. The molecular formula is C35H34BrFN2O7S. The maximum Gasteiger partial charge on any atom is 0.338 e. The summed E-state index contributed by atoms with van der Waals surface area (Å²) in [7, 11) is 3.05. The number of carbonyl (C=O) groups excluding carboxylic acids is 1. The van der Waals surface area contributed by atoms with Gasteiger partial charge in [0.2, 0.25) is 0 Å². The van der Waals surface area contributed by atoms with Crippen LogP contribution in [0.15, 0.2) is 80.1 Å². The normalized spacial score (nSPS) is 14.5. The zero-order valence-corrected chi connectivity index (χ0v) is 29.2. The number of hydrogen-bond acceptors (Lipinski definition) is 9.